The van der Waals surface area contributed by atoms with Gasteiger partial charge in [0.1, 0.15) is 4.90 Å². The molecule has 1 aromatic rings. The maximum atomic E-state index is 12.6. The minimum atomic E-state index is -3.38. The van der Waals surface area contributed by atoms with Crippen molar-refractivity contribution in [1.29, 1.82) is 0 Å². The maximum absolute atomic E-state index is 12.6. The third kappa shape index (κ3) is 2.31. The normalized spacial score (nSPS) is 18.4. The highest BCUT2D eigenvalue weighted by molar-refractivity contribution is 7.89. The van der Waals surface area contributed by atoms with E-state index in [1.165, 1.54) is 0 Å². The Morgan fingerprint density at radius 2 is 1.78 bits per heavy atom. The van der Waals surface area contributed by atoms with Gasteiger partial charge in [-0.2, -0.15) is 9.40 Å². The summed E-state index contributed by atoms with van der Waals surface area (Å²) in [7, 11) is -1.62. The Hall–Kier alpha value is -0.880. The van der Waals surface area contributed by atoms with Gasteiger partial charge < -0.3 is 0 Å². The standard InChI is InChI=1S/C12H21N3O2S/c1-12(2,3)11-10(9-14(4)13-11)18(16,17)15-7-5-6-8-15/h9H,5-8H2,1-4H3. The van der Waals surface area contributed by atoms with E-state index in [0.29, 0.717) is 23.7 Å². The number of hydrogen-bond donors (Lipinski definition) is 0. The molecule has 102 valence electrons. The highest BCUT2D eigenvalue weighted by Crippen LogP contribution is 2.30. The second-order valence-electron chi connectivity index (χ2n) is 5.88. The molecule has 2 rings (SSSR count). The van der Waals surface area contributed by atoms with Crippen LogP contribution >= 0.6 is 0 Å². The van der Waals surface area contributed by atoms with Crippen molar-refractivity contribution in [2.45, 2.75) is 43.9 Å². The summed E-state index contributed by atoms with van der Waals surface area (Å²) in [5.41, 5.74) is 0.375. The van der Waals surface area contributed by atoms with E-state index in [9.17, 15) is 8.42 Å². The zero-order valence-corrected chi connectivity index (χ0v) is 12.3. The van der Waals surface area contributed by atoms with Gasteiger partial charge >= 0.3 is 0 Å². The van der Waals surface area contributed by atoms with Crippen molar-refractivity contribution in [2.75, 3.05) is 13.1 Å². The van der Waals surface area contributed by atoms with E-state index < -0.39 is 10.0 Å². The topological polar surface area (TPSA) is 55.2 Å². The Bertz CT molecular complexity index is 534. The fraction of sp³-hybridized carbons (Fsp3) is 0.750. The number of hydrogen-bond acceptors (Lipinski definition) is 3. The predicted octanol–water partition coefficient (Wildman–Crippen LogP) is 1.50. The first-order chi connectivity index (χ1) is 8.23. The van der Waals surface area contributed by atoms with Crippen molar-refractivity contribution in [3.63, 3.8) is 0 Å². The molecule has 18 heavy (non-hydrogen) atoms. The summed E-state index contributed by atoms with van der Waals surface area (Å²) in [5.74, 6) is 0. The largest absolute Gasteiger partial charge is 0.274 e. The number of sulfonamides is 1. The summed E-state index contributed by atoms with van der Waals surface area (Å²) in [6.45, 7) is 7.20. The average molecular weight is 271 g/mol. The van der Waals surface area contributed by atoms with Crippen molar-refractivity contribution in [2.24, 2.45) is 7.05 Å². The van der Waals surface area contributed by atoms with E-state index in [2.05, 4.69) is 5.10 Å². The molecular weight excluding hydrogens is 250 g/mol. The number of rotatable bonds is 2. The lowest BCUT2D eigenvalue weighted by atomic mass is 9.92. The molecule has 1 aliphatic heterocycles. The van der Waals surface area contributed by atoms with E-state index in [4.69, 9.17) is 0 Å². The van der Waals surface area contributed by atoms with Gasteiger partial charge in [0.2, 0.25) is 10.0 Å². The molecule has 1 fully saturated rings. The monoisotopic (exact) mass is 271 g/mol. The summed E-state index contributed by atoms with van der Waals surface area (Å²) in [5, 5.41) is 4.33. The molecule has 1 aliphatic rings. The van der Waals surface area contributed by atoms with Crippen LogP contribution in [-0.4, -0.2) is 35.6 Å². The highest BCUT2D eigenvalue weighted by Gasteiger charge is 2.34. The average Bonchev–Trinajstić information content (AvgIpc) is 2.83. The second kappa shape index (κ2) is 4.35. The van der Waals surface area contributed by atoms with Crippen LogP contribution in [0.25, 0.3) is 0 Å². The Morgan fingerprint density at radius 1 is 1.22 bits per heavy atom. The Kier molecular flexibility index (Phi) is 3.27. The molecule has 0 radical (unpaired) electrons. The summed E-state index contributed by atoms with van der Waals surface area (Å²) in [6, 6.07) is 0. The molecule has 0 aromatic carbocycles. The van der Waals surface area contributed by atoms with Crippen LogP contribution in [0.5, 0.6) is 0 Å². The van der Waals surface area contributed by atoms with Crippen molar-refractivity contribution < 1.29 is 8.42 Å². The van der Waals surface area contributed by atoms with Gasteiger partial charge in [-0.05, 0) is 12.8 Å². The van der Waals surface area contributed by atoms with Crippen LogP contribution < -0.4 is 0 Å². The summed E-state index contributed by atoms with van der Waals surface area (Å²) in [6.07, 6.45) is 3.52. The van der Waals surface area contributed by atoms with E-state index in [-0.39, 0.29) is 5.41 Å². The lowest BCUT2D eigenvalue weighted by Crippen LogP contribution is -2.29. The van der Waals surface area contributed by atoms with Gasteiger partial charge in [0.25, 0.3) is 0 Å². The summed E-state index contributed by atoms with van der Waals surface area (Å²) >= 11 is 0. The van der Waals surface area contributed by atoms with E-state index in [1.54, 1.807) is 22.2 Å². The summed E-state index contributed by atoms with van der Waals surface area (Å²) in [4.78, 5) is 0.361. The molecule has 0 amide bonds. The lowest BCUT2D eigenvalue weighted by molar-refractivity contribution is 0.471. The molecule has 2 heterocycles. The molecule has 0 aliphatic carbocycles. The first-order valence-corrected chi connectivity index (χ1v) is 7.71. The smallest absolute Gasteiger partial charge is 0.246 e. The fourth-order valence-corrected chi connectivity index (χ4v) is 4.14. The van der Waals surface area contributed by atoms with Crippen molar-refractivity contribution >= 4 is 10.0 Å². The molecule has 0 N–H and O–H groups in total. The van der Waals surface area contributed by atoms with Crippen molar-refractivity contribution in [1.82, 2.24) is 14.1 Å². The SMILES string of the molecule is Cn1cc(S(=O)(=O)N2CCCC2)c(C(C)(C)C)n1. The van der Waals surface area contributed by atoms with Crippen LogP contribution in [0.15, 0.2) is 11.1 Å². The van der Waals surface area contributed by atoms with Crippen LogP contribution in [0.4, 0.5) is 0 Å². The molecule has 0 saturated carbocycles. The number of aromatic nitrogens is 2. The zero-order valence-electron chi connectivity index (χ0n) is 11.5. The van der Waals surface area contributed by atoms with Gasteiger partial charge in [-0.25, -0.2) is 8.42 Å². The third-order valence-electron chi connectivity index (χ3n) is 3.19. The lowest BCUT2D eigenvalue weighted by Gasteiger charge is -2.20. The molecule has 5 nitrogen and oxygen atoms in total. The fourth-order valence-electron chi connectivity index (χ4n) is 2.24. The second-order valence-corrected chi connectivity index (χ2v) is 7.78. The van der Waals surface area contributed by atoms with Gasteiger partial charge in [0.15, 0.2) is 0 Å². The zero-order chi connectivity index (χ0) is 13.6. The molecule has 0 spiro atoms. The maximum Gasteiger partial charge on any atom is 0.246 e. The first-order valence-electron chi connectivity index (χ1n) is 6.27. The third-order valence-corrected chi connectivity index (χ3v) is 5.09. The van der Waals surface area contributed by atoms with Crippen LogP contribution in [0, 0.1) is 0 Å². The predicted molar refractivity (Wildman–Crippen MR) is 69.9 cm³/mol. The van der Waals surface area contributed by atoms with Gasteiger partial charge in [-0.1, -0.05) is 20.8 Å². The molecule has 1 saturated heterocycles. The Balaban J connectivity index is 2.50. The first kappa shape index (κ1) is 13.5. The number of nitrogens with zero attached hydrogens (tertiary/aromatic N) is 3. The van der Waals surface area contributed by atoms with Gasteiger partial charge in [-0.3, -0.25) is 4.68 Å². The molecular formula is C12H21N3O2S. The van der Waals surface area contributed by atoms with Gasteiger partial charge in [0, 0.05) is 31.7 Å². The molecule has 1 aromatic heterocycles. The van der Waals surface area contributed by atoms with Gasteiger partial charge in [-0.15, -0.1) is 0 Å². The van der Waals surface area contributed by atoms with Crippen LogP contribution in [0.1, 0.15) is 39.3 Å². The minimum absolute atomic E-state index is 0.274. The number of aryl methyl sites for hydroxylation is 1. The van der Waals surface area contributed by atoms with Crippen molar-refractivity contribution in [3.8, 4) is 0 Å². The Morgan fingerprint density at radius 3 is 2.28 bits per heavy atom. The van der Waals surface area contributed by atoms with Crippen LogP contribution in [0.3, 0.4) is 0 Å². The molecule has 0 unspecified atom stereocenters. The van der Waals surface area contributed by atoms with E-state index in [1.807, 2.05) is 20.8 Å². The van der Waals surface area contributed by atoms with Crippen LogP contribution in [-0.2, 0) is 22.5 Å². The van der Waals surface area contributed by atoms with Gasteiger partial charge in [0.05, 0.1) is 5.69 Å². The highest BCUT2D eigenvalue weighted by atomic mass is 32.2. The molecule has 0 bridgehead atoms. The van der Waals surface area contributed by atoms with Crippen molar-refractivity contribution in [3.05, 3.63) is 11.9 Å². The quantitative estimate of drug-likeness (QED) is 0.819. The van der Waals surface area contributed by atoms with E-state index >= 15 is 0 Å². The van der Waals surface area contributed by atoms with E-state index in [0.717, 1.165) is 12.8 Å². The molecule has 6 heteroatoms. The minimum Gasteiger partial charge on any atom is -0.274 e. The van der Waals surface area contributed by atoms with Crippen LogP contribution in [0.2, 0.25) is 0 Å². The molecule has 0 atom stereocenters. The summed E-state index contributed by atoms with van der Waals surface area (Å²) < 4.78 is 28.3. The Labute approximate surface area is 109 Å².